The summed E-state index contributed by atoms with van der Waals surface area (Å²) in [6.07, 6.45) is 64.8. The Bertz CT molecular complexity index is 997. The van der Waals surface area contributed by atoms with Gasteiger partial charge in [-0.2, -0.15) is 0 Å². The van der Waals surface area contributed by atoms with Gasteiger partial charge in [-0.25, -0.2) is 0 Å². The Balaban J connectivity index is 3.47. The third-order valence-electron chi connectivity index (χ3n) is 13.2. The number of allylic oxidation sites excluding steroid dienone is 3. The summed E-state index contributed by atoms with van der Waals surface area (Å²) in [5, 5.41) is 23.1. The summed E-state index contributed by atoms with van der Waals surface area (Å²) >= 11 is 0. The van der Waals surface area contributed by atoms with Crippen molar-refractivity contribution in [1.29, 1.82) is 0 Å². The lowest BCUT2D eigenvalue weighted by Gasteiger charge is -2.20. The number of carbonyl (C=O) groups excluding carboxylic acids is 2. The van der Waals surface area contributed by atoms with Crippen molar-refractivity contribution in [2.24, 2.45) is 0 Å². The van der Waals surface area contributed by atoms with Gasteiger partial charge in [0.2, 0.25) is 5.91 Å². The molecular formula is C58H111NO5. The molecule has 0 spiro atoms. The van der Waals surface area contributed by atoms with Crippen LogP contribution in [-0.2, 0) is 14.3 Å². The molecule has 2 unspecified atom stereocenters. The number of esters is 1. The molecule has 0 aromatic rings. The molecule has 0 saturated carbocycles. The van der Waals surface area contributed by atoms with Crippen LogP contribution in [0.1, 0.15) is 309 Å². The van der Waals surface area contributed by atoms with Crippen LogP contribution in [0.5, 0.6) is 0 Å². The van der Waals surface area contributed by atoms with E-state index >= 15 is 0 Å². The first-order valence-corrected chi connectivity index (χ1v) is 28.6. The number of aliphatic hydroxyl groups is 2. The maximum absolute atomic E-state index is 12.4. The molecule has 1 amide bonds. The number of aliphatic hydroxyl groups excluding tert-OH is 2. The van der Waals surface area contributed by atoms with Crippen LogP contribution in [0.2, 0.25) is 0 Å². The van der Waals surface area contributed by atoms with E-state index in [0.29, 0.717) is 19.4 Å². The quantitative estimate of drug-likeness (QED) is 0.0321. The Kier molecular flexibility index (Phi) is 52.6. The molecule has 64 heavy (non-hydrogen) atoms. The molecule has 0 radical (unpaired) electrons. The number of amides is 1. The van der Waals surface area contributed by atoms with Crippen molar-refractivity contribution in [2.75, 3.05) is 13.2 Å². The second-order valence-electron chi connectivity index (χ2n) is 19.6. The van der Waals surface area contributed by atoms with E-state index in [1.54, 1.807) is 6.08 Å². The summed E-state index contributed by atoms with van der Waals surface area (Å²) in [5.74, 6) is -0.0892. The Hall–Kier alpha value is -1.66. The van der Waals surface area contributed by atoms with Crippen molar-refractivity contribution in [2.45, 2.75) is 321 Å². The minimum Gasteiger partial charge on any atom is -0.466 e. The van der Waals surface area contributed by atoms with Gasteiger partial charge in [0.25, 0.3) is 0 Å². The Labute approximate surface area is 399 Å². The summed E-state index contributed by atoms with van der Waals surface area (Å²) in [7, 11) is 0. The first-order valence-electron chi connectivity index (χ1n) is 28.6. The van der Waals surface area contributed by atoms with Crippen LogP contribution in [-0.4, -0.2) is 47.4 Å². The molecule has 3 N–H and O–H groups in total. The number of carbonyl (C=O) groups is 2. The molecule has 2 atom stereocenters. The van der Waals surface area contributed by atoms with Crippen molar-refractivity contribution in [1.82, 2.24) is 5.32 Å². The van der Waals surface area contributed by atoms with E-state index < -0.39 is 12.1 Å². The van der Waals surface area contributed by atoms with Crippen molar-refractivity contribution in [3.63, 3.8) is 0 Å². The minimum absolute atomic E-state index is 0.00681. The monoisotopic (exact) mass is 902 g/mol. The topological polar surface area (TPSA) is 95.9 Å². The zero-order chi connectivity index (χ0) is 46.5. The predicted molar refractivity (Wildman–Crippen MR) is 278 cm³/mol. The normalized spacial score (nSPS) is 12.8. The molecule has 6 heteroatoms. The van der Waals surface area contributed by atoms with Crippen LogP contribution in [0.25, 0.3) is 0 Å². The van der Waals surface area contributed by atoms with Crippen molar-refractivity contribution >= 4 is 11.9 Å². The van der Waals surface area contributed by atoms with Crippen molar-refractivity contribution in [3.8, 4) is 0 Å². The lowest BCUT2D eigenvalue weighted by atomic mass is 10.0. The molecule has 0 aromatic carbocycles. The average molecular weight is 903 g/mol. The van der Waals surface area contributed by atoms with Crippen LogP contribution in [0.15, 0.2) is 24.3 Å². The number of nitrogens with one attached hydrogen (secondary N) is 1. The third kappa shape index (κ3) is 49.8. The summed E-state index contributed by atoms with van der Waals surface area (Å²) in [6.45, 7) is 4.88. The standard InChI is InChI=1S/C58H111NO5/c1-3-5-7-9-11-13-15-17-19-20-21-24-28-32-36-40-44-48-52-58(63)64-53-49-45-41-37-33-29-25-22-23-27-31-35-39-43-47-51-57(62)59-55(54-60)56(61)50-46-42-38-34-30-26-18-16-14-12-10-8-6-4-2/h25,29,46,50,55-56,60-61H,3-24,26-28,30-45,47-49,51-54H2,1-2H3,(H,59,62)/b29-25-,50-46+. The molecular weight excluding hydrogens is 791 g/mol. The predicted octanol–water partition coefficient (Wildman–Crippen LogP) is 17.5. The van der Waals surface area contributed by atoms with Gasteiger partial charge in [-0.15, -0.1) is 0 Å². The highest BCUT2D eigenvalue weighted by atomic mass is 16.5. The average Bonchev–Trinajstić information content (AvgIpc) is 3.29. The first kappa shape index (κ1) is 62.3. The lowest BCUT2D eigenvalue weighted by molar-refractivity contribution is -0.143. The van der Waals surface area contributed by atoms with E-state index in [1.165, 1.54) is 212 Å². The molecule has 0 aliphatic rings. The second-order valence-corrected chi connectivity index (χ2v) is 19.6. The highest BCUT2D eigenvalue weighted by molar-refractivity contribution is 5.76. The van der Waals surface area contributed by atoms with Crippen LogP contribution >= 0.6 is 0 Å². The van der Waals surface area contributed by atoms with Crippen LogP contribution in [0.3, 0.4) is 0 Å². The number of hydrogen-bond acceptors (Lipinski definition) is 5. The smallest absolute Gasteiger partial charge is 0.305 e. The van der Waals surface area contributed by atoms with Gasteiger partial charge in [-0.3, -0.25) is 9.59 Å². The van der Waals surface area contributed by atoms with Gasteiger partial charge in [-0.05, 0) is 57.8 Å². The number of hydrogen-bond donors (Lipinski definition) is 3. The Morgan fingerprint density at radius 1 is 0.422 bits per heavy atom. The van der Waals surface area contributed by atoms with Gasteiger partial charge in [0, 0.05) is 12.8 Å². The summed E-state index contributed by atoms with van der Waals surface area (Å²) in [4.78, 5) is 24.5. The zero-order valence-corrected chi connectivity index (χ0v) is 43.0. The van der Waals surface area contributed by atoms with Gasteiger partial charge in [0.1, 0.15) is 0 Å². The fraction of sp³-hybridized carbons (Fsp3) is 0.897. The van der Waals surface area contributed by atoms with Gasteiger partial charge in [0.15, 0.2) is 0 Å². The van der Waals surface area contributed by atoms with E-state index in [9.17, 15) is 19.8 Å². The summed E-state index contributed by atoms with van der Waals surface area (Å²) in [6, 6.07) is -0.638. The Morgan fingerprint density at radius 2 is 0.734 bits per heavy atom. The Morgan fingerprint density at radius 3 is 1.11 bits per heavy atom. The molecule has 0 rings (SSSR count). The molecule has 378 valence electrons. The van der Waals surface area contributed by atoms with Crippen LogP contribution in [0.4, 0.5) is 0 Å². The molecule has 0 heterocycles. The van der Waals surface area contributed by atoms with Crippen LogP contribution in [0, 0.1) is 0 Å². The van der Waals surface area contributed by atoms with E-state index in [1.807, 2.05) is 6.08 Å². The van der Waals surface area contributed by atoms with Crippen molar-refractivity contribution < 1.29 is 24.5 Å². The zero-order valence-electron chi connectivity index (χ0n) is 43.0. The molecule has 0 bridgehead atoms. The number of rotatable bonds is 53. The lowest BCUT2D eigenvalue weighted by Crippen LogP contribution is -2.45. The van der Waals surface area contributed by atoms with E-state index in [2.05, 4.69) is 31.3 Å². The maximum Gasteiger partial charge on any atom is 0.305 e. The first-order chi connectivity index (χ1) is 31.5. The molecule has 0 aliphatic carbocycles. The van der Waals surface area contributed by atoms with Gasteiger partial charge >= 0.3 is 5.97 Å². The van der Waals surface area contributed by atoms with Gasteiger partial charge in [0.05, 0.1) is 25.4 Å². The van der Waals surface area contributed by atoms with Crippen LogP contribution < -0.4 is 5.32 Å². The second kappa shape index (κ2) is 54.0. The SMILES string of the molecule is CCCCCCCCCCCCCC/C=C/C(O)C(CO)NC(=O)CCCCCCCCC/C=C\CCCCCCOC(=O)CCCCCCCCCCCCCCCCCCCC. The molecule has 0 fully saturated rings. The number of ether oxygens (including phenoxy) is 1. The van der Waals surface area contributed by atoms with E-state index in [4.69, 9.17) is 4.74 Å². The highest BCUT2D eigenvalue weighted by Crippen LogP contribution is 2.17. The molecule has 0 aromatic heterocycles. The van der Waals surface area contributed by atoms with E-state index in [0.717, 1.165) is 70.6 Å². The highest BCUT2D eigenvalue weighted by Gasteiger charge is 2.18. The van der Waals surface area contributed by atoms with Gasteiger partial charge in [-0.1, -0.05) is 263 Å². The summed E-state index contributed by atoms with van der Waals surface area (Å²) < 4.78 is 5.47. The number of unbranched alkanes of at least 4 members (excludes halogenated alkanes) is 40. The maximum atomic E-state index is 12.4. The third-order valence-corrected chi connectivity index (χ3v) is 13.2. The van der Waals surface area contributed by atoms with Gasteiger partial charge < -0.3 is 20.3 Å². The summed E-state index contributed by atoms with van der Waals surface area (Å²) in [5.41, 5.74) is 0. The molecule has 6 nitrogen and oxygen atoms in total. The largest absolute Gasteiger partial charge is 0.466 e. The fourth-order valence-corrected chi connectivity index (χ4v) is 8.81. The molecule has 0 aliphatic heterocycles. The fourth-order valence-electron chi connectivity index (χ4n) is 8.81. The minimum atomic E-state index is -0.853. The van der Waals surface area contributed by atoms with E-state index in [-0.39, 0.29) is 18.5 Å². The van der Waals surface area contributed by atoms with Crippen molar-refractivity contribution in [3.05, 3.63) is 24.3 Å². The molecule has 0 saturated heterocycles.